The number of rotatable bonds is 6. The third kappa shape index (κ3) is 9.70. The Morgan fingerprint density at radius 1 is 0.879 bits per heavy atom. The number of cyclic esters (lactones) is 1. The Morgan fingerprint density at radius 3 is 2.28 bits per heavy atom. The van der Waals surface area contributed by atoms with E-state index < -0.39 is 109 Å². The Balaban J connectivity index is 1.33. The highest BCUT2D eigenvalue weighted by Gasteiger charge is 2.48. The summed E-state index contributed by atoms with van der Waals surface area (Å²) in [6.45, 7) is 3.92. The molecule has 0 spiro atoms. The van der Waals surface area contributed by atoms with Gasteiger partial charge in [0.05, 0.1) is 19.3 Å². The molecule has 4 aliphatic rings. The van der Waals surface area contributed by atoms with E-state index in [1.54, 1.807) is 24.3 Å². The zero-order valence-corrected chi connectivity index (χ0v) is 32.2. The minimum atomic E-state index is -1.73. The van der Waals surface area contributed by atoms with Crippen molar-refractivity contribution in [3.63, 3.8) is 0 Å². The summed E-state index contributed by atoms with van der Waals surface area (Å²) in [5.74, 6) is -6.89. The fraction of sp³-hybridized carbons (Fsp3) is 0.513. The van der Waals surface area contributed by atoms with E-state index in [1.165, 1.54) is 16.7 Å². The first-order chi connectivity index (χ1) is 27.6. The minimum Gasteiger partial charge on any atom is -0.461 e. The number of carbonyl (C=O) groups is 7. The van der Waals surface area contributed by atoms with E-state index in [1.807, 2.05) is 13.8 Å². The number of ether oxygens (including phenoxy) is 2. The quantitative estimate of drug-likeness (QED) is 0.246. The van der Waals surface area contributed by atoms with Crippen molar-refractivity contribution in [3.05, 3.63) is 65.2 Å². The maximum Gasteiger partial charge on any atom is 0.328 e. The van der Waals surface area contributed by atoms with E-state index in [0.29, 0.717) is 11.8 Å². The second-order valence-corrected chi connectivity index (χ2v) is 15.3. The van der Waals surface area contributed by atoms with Gasteiger partial charge in [-0.1, -0.05) is 24.6 Å². The molecule has 8 atom stereocenters. The third-order valence-electron chi connectivity index (χ3n) is 10.7. The maximum absolute atomic E-state index is 14.5. The SMILES string of the molecule is Cc1ccc(NC(=O)N[C@@H](Cc2cc(F)cc(F)c2)C(=O)N[C@H]2COC(=O)[C@@H]3C[C@@H](C)CN3C(=O)[C@H](C)NC(=O)[C@@H]3COCCN3C(=O)[C@@H]3C[C@@H](O)CN3C2=O)cc1. The van der Waals surface area contributed by atoms with E-state index in [2.05, 4.69) is 21.3 Å². The van der Waals surface area contributed by atoms with Crippen molar-refractivity contribution in [2.75, 3.05) is 44.8 Å². The number of halogens is 2. The molecule has 0 bridgehead atoms. The fourth-order valence-electron chi connectivity index (χ4n) is 7.75. The molecule has 5 N–H and O–H groups in total. The number of aliphatic hydroxyl groups excluding tert-OH is 1. The van der Waals surface area contributed by atoms with Crippen molar-refractivity contribution >= 4 is 47.2 Å². The monoisotopic (exact) mass is 811 g/mol. The lowest BCUT2D eigenvalue weighted by Crippen LogP contribution is -2.63. The second kappa shape index (κ2) is 17.8. The van der Waals surface area contributed by atoms with Crippen molar-refractivity contribution < 1.29 is 56.9 Å². The molecule has 0 unspecified atom stereocenters. The number of hydrogen-bond acceptors (Lipinski definition) is 10. The first-order valence-electron chi connectivity index (χ1n) is 19.1. The van der Waals surface area contributed by atoms with Gasteiger partial charge < -0.3 is 50.5 Å². The third-order valence-corrected chi connectivity index (χ3v) is 10.7. The van der Waals surface area contributed by atoms with E-state index >= 15 is 0 Å². The molecule has 58 heavy (non-hydrogen) atoms. The number of morpholine rings is 1. The van der Waals surface area contributed by atoms with Crippen molar-refractivity contribution in [1.82, 2.24) is 30.7 Å². The van der Waals surface area contributed by atoms with Gasteiger partial charge in [0.1, 0.15) is 54.5 Å². The van der Waals surface area contributed by atoms with Crippen LogP contribution in [0.25, 0.3) is 0 Å². The number of carbonyl (C=O) groups excluding carboxylic acids is 7. The molecule has 4 aliphatic heterocycles. The average Bonchev–Trinajstić information content (AvgIpc) is 3.77. The Morgan fingerprint density at radius 2 is 1.57 bits per heavy atom. The van der Waals surface area contributed by atoms with Crippen LogP contribution in [-0.2, 0) is 44.7 Å². The number of hydrogen-bond donors (Lipinski definition) is 5. The number of aliphatic hydroxyl groups is 1. The van der Waals surface area contributed by atoms with Gasteiger partial charge in [0, 0.05) is 44.2 Å². The molecule has 17 nitrogen and oxygen atoms in total. The number of esters is 1. The van der Waals surface area contributed by atoms with Crippen LogP contribution in [0.4, 0.5) is 19.3 Å². The Kier molecular flexibility index (Phi) is 12.9. The summed E-state index contributed by atoms with van der Waals surface area (Å²) in [6, 6.07) is 0.367. The summed E-state index contributed by atoms with van der Waals surface area (Å²) < 4.78 is 39.7. The van der Waals surface area contributed by atoms with Crippen molar-refractivity contribution in [2.45, 2.75) is 82.4 Å². The summed E-state index contributed by atoms with van der Waals surface area (Å²) in [4.78, 5) is 101. The van der Waals surface area contributed by atoms with Crippen LogP contribution in [0.5, 0.6) is 0 Å². The van der Waals surface area contributed by atoms with Crippen LogP contribution in [0.3, 0.4) is 0 Å². The van der Waals surface area contributed by atoms with E-state index in [0.717, 1.165) is 22.6 Å². The molecule has 0 aliphatic carbocycles. The van der Waals surface area contributed by atoms with Crippen molar-refractivity contribution in [3.8, 4) is 0 Å². The van der Waals surface area contributed by atoms with Gasteiger partial charge in [-0.15, -0.1) is 0 Å². The van der Waals surface area contributed by atoms with Gasteiger partial charge in [-0.25, -0.2) is 18.4 Å². The zero-order valence-electron chi connectivity index (χ0n) is 32.2. The molecule has 6 rings (SSSR count). The highest BCUT2D eigenvalue weighted by Crippen LogP contribution is 2.27. The summed E-state index contributed by atoms with van der Waals surface area (Å²) in [6.07, 6.45) is -1.68. The van der Waals surface area contributed by atoms with Crippen LogP contribution >= 0.6 is 0 Å². The molecule has 312 valence electrons. The number of anilines is 1. The van der Waals surface area contributed by atoms with Gasteiger partial charge in [0.2, 0.25) is 29.5 Å². The number of nitrogens with zero attached hydrogens (tertiary/aromatic N) is 3. The predicted octanol–water partition coefficient (Wildman–Crippen LogP) is -0.0215. The highest BCUT2D eigenvalue weighted by atomic mass is 19.1. The van der Waals surface area contributed by atoms with Crippen LogP contribution in [0.2, 0.25) is 0 Å². The second-order valence-electron chi connectivity index (χ2n) is 15.3. The number of amides is 7. The van der Waals surface area contributed by atoms with E-state index in [9.17, 15) is 47.4 Å². The molecular formula is C39H47F2N7O10. The number of fused-ring (bicyclic) bond motifs is 3. The molecule has 4 fully saturated rings. The molecule has 2 aromatic carbocycles. The Hall–Kier alpha value is -5.69. The van der Waals surface area contributed by atoms with Crippen LogP contribution in [0.15, 0.2) is 42.5 Å². The van der Waals surface area contributed by atoms with Crippen LogP contribution in [-0.4, -0.2) is 143 Å². The number of nitrogens with one attached hydrogen (secondary N) is 4. The summed E-state index contributed by atoms with van der Waals surface area (Å²) in [7, 11) is 0. The normalized spacial score (nSPS) is 27.5. The van der Waals surface area contributed by atoms with Gasteiger partial charge in [-0.05, 0) is 56.0 Å². The molecule has 0 saturated carbocycles. The van der Waals surface area contributed by atoms with E-state index in [4.69, 9.17) is 9.47 Å². The lowest BCUT2D eigenvalue weighted by molar-refractivity contribution is -0.160. The zero-order chi connectivity index (χ0) is 41.8. The molecule has 2 aromatic rings. The van der Waals surface area contributed by atoms with Gasteiger partial charge in [0.15, 0.2) is 0 Å². The molecule has 0 aromatic heterocycles. The van der Waals surface area contributed by atoms with Crippen molar-refractivity contribution in [2.24, 2.45) is 5.92 Å². The maximum atomic E-state index is 14.5. The summed E-state index contributed by atoms with van der Waals surface area (Å²) >= 11 is 0. The summed E-state index contributed by atoms with van der Waals surface area (Å²) in [5.41, 5.74) is 1.26. The predicted molar refractivity (Wildman–Crippen MR) is 199 cm³/mol. The average molecular weight is 812 g/mol. The number of urea groups is 1. The molecule has 19 heteroatoms. The highest BCUT2D eigenvalue weighted by molar-refractivity contribution is 5.98. The molecule has 4 heterocycles. The largest absolute Gasteiger partial charge is 0.461 e. The summed E-state index contributed by atoms with van der Waals surface area (Å²) in [5, 5.41) is 21.0. The standard InChI is InChI=1S/C39H47F2N7O10/c1-20-4-6-26(7-5-20)43-39(56)45-28(13-23-11-24(40)14-25(41)12-23)33(50)44-29-18-58-38(55)31-10-21(2)16-47(31)35(52)22(3)42-34(51)32-19-57-9-8-46(32)37(54)30-15-27(49)17-48(30)36(29)53/h4-7,11-12,14,21-22,27-32,49H,8-10,13,15-19H2,1-3H3,(H,42,51)(H,44,50)(H2,43,45,56)/t21-,22+,27-,28+,29+,30+,31+,32+/m1/s1. The molecule has 0 radical (unpaired) electrons. The first kappa shape index (κ1) is 41.9. The van der Waals surface area contributed by atoms with Crippen molar-refractivity contribution in [1.29, 1.82) is 0 Å². The topological polar surface area (TPSA) is 216 Å². The Labute approximate surface area is 332 Å². The Bertz CT molecular complexity index is 1920. The molecule has 7 amide bonds. The minimum absolute atomic E-state index is 0.0178. The van der Waals surface area contributed by atoms with Crippen LogP contribution < -0.4 is 21.3 Å². The smallest absolute Gasteiger partial charge is 0.328 e. The fourth-order valence-corrected chi connectivity index (χ4v) is 7.75. The first-order valence-corrected chi connectivity index (χ1v) is 19.1. The van der Waals surface area contributed by atoms with Crippen LogP contribution in [0, 0.1) is 24.5 Å². The van der Waals surface area contributed by atoms with E-state index in [-0.39, 0.29) is 57.2 Å². The van der Waals surface area contributed by atoms with Gasteiger partial charge in [-0.2, -0.15) is 0 Å². The molecule has 4 saturated heterocycles. The number of aryl methyl sites for hydroxylation is 1. The lowest BCUT2D eigenvalue weighted by atomic mass is 10.0. The van der Waals surface area contributed by atoms with Gasteiger partial charge in [0.25, 0.3) is 0 Å². The molecular weight excluding hydrogens is 764 g/mol. The lowest BCUT2D eigenvalue weighted by Gasteiger charge is -2.39. The van der Waals surface area contributed by atoms with Crippen LogP contribution in [0.1, 0.15) is 37.8 Å². The van der Waals surface area contributed by atoms with Gasteiger partial charge >= 0.3 is 12.0 Å². The number of benzene rings is 2. The van der Waals surface area contributed by atoms with Gasteiger partial charge in [-0.3, -0.25) is 24.0 Å².